The average molecular weight is 378 g/mol. The monoisotopic (exact) mass is 378 g/mol. The lowest BCUT2D eigenvalue weighted by Gasteiger charge is -2.37. The number of piperidine rings is 1. The molecule has 27 heavy (non-hydrogen) atoms. The first-order valence-corrected chi connectivity index (χ1v) is 9.58. The summed E-state index contributed by atoms with van der Waals surface area (Å²) in [6, 6.07) is -0.147. The second-order valence-electron chi connectivity index (χ2n) is 8.61. The molecule has 0 aromatic carbocycles. The van der Waals surface area contributed by atoms with Crippen LogP contribution in [0.1, 0.15) is 40.5 Å². The number of β-amino-alcohol motifs (C(OH)–C–C–N with tert-alkyl or cyclic N) is 1. The van der Waals surface area contributed by atoms with Gasteiger partial charge in [0.1, 0.15) is 18.0 Å². The number of ketones is 1. The first-order chi connectivity index (χ1) is 12.7. The predicted molar refractivity (Wildman–Crippen MR) is 100 cm³/mol. The topological polar surface area (TPSA) is 88.1 Å². The van der Waals surface area contributed by atoms with E-state index in [1.807, 2.05) is 27.7 Å². The molecule has 3 aliphatic rings. The van der Waals surface area contributed by atoms with Crippen molar-refractivity contribution in [3.63, 3.8) is 0 Å². The molecule has 3 rings (SSSR count). The highest BCUT2D eigenvalue weighted by molar-refractivity contribution is 5.89. The van der Waals surface area contributed by atoms with Crippen LogP contribution in [0.25, 0.3) is 0 Å². The van der Waals surface area contributed by atoms with Crippen LogP contribution in [0.3, 0.4) is 0 Å². The maximum Gasteiger partial charge on any atom is 0.410 e. The summed E-state index contributed by atoms with van der Waals surface area (Å²) < 4.78 is 10.7. The van der Waals surface area contributed by atoms with Gasteiger partial charge in [-0.1, -0.05) is 5.57 Å². The molecule has 150 valence electrons. The van der Waals surface area contributed by atoms with Crippen molar-refractivity contribution in [3.8, 4) is 0 Å². The summed E-state index contributed by atoms with van der Waals surface area (Å²) in [5.41, 5.74) is 2.64. The Balaban J connectivity index is 1.54. The third kappa shape index (κ3) is 4.52. The third-order valence-corrected chi connectivity index (χ3v) is 5.41. The van der Waals surface area contributed by atoms with Crippen molar-refractivity contribution in [2.45, 2.75) is 58.3 Å². The van der Waals surface area contributed by atoms with Gasteiger partial charge in [-0.05, 0) is 39.7 Å². The van der Waals surface area contributed by atoms with Crippen molar-refractivity contribution in [1.82, 2.24) is 10.2 Å². The van der Waals surface area contributed by atoms with Gasteiger partial charge in [0.15, 0.2) is 0 Å². The predicted octanol–water partition coefficient (Wildman–Crippen LogP) is 1.77. The Morgan fingerprint density at radius 3 is 2.85 bits per heavy atom. The number of nitrogens with zero attached hydrogens (tertiary/aromatic N) is 1. The van der Waals surface area contributed by atoms with Crippen molar-refractivity contribution in [2.24, 2.45) is 5.92 Å². The molecular weight excluding hydrogens is 348 g/mol. The summed E-state index contributed by atoms with van der Waals surface area (Å²) in [5, 5.41) is 13.8. The maximum absolute atomic E-state index is 12.5. The van der Waals surface area contributed by atoms with Gasteiger partial charge in [0.05, 0.1) is 24.8 Å². The van der Waals surface area contributed by atoms with Crippen molar-refractivity contribution in [1.29, 1.82) is 0 Å². The highest BCUT2D eigenvalue weighted by atomic mass is 16.6. The second kappa shape index (κ2) is 7.64. The summed E-state index contributed by atoms with van der Waals surface area (Å²) in [4.78, 5) is 26.2. The zero-order chi connectivity index (χ0) is 19.8. The lowest BCUT2D eigenvalue weighted by atomic mass is 9.80. The van der Waals surface area contributed by atoms with Crippen molar-refractivity contribution < 1.29 is 24.2 Å². The van der Waals surface area contributed by atoms with E-state index >= 15 is 0 Å². The van der Waals surface area contributed by atoms with Crippen LogP contribution < -0.4 is 5.32 Å². The molecule has 7 nitrogen and oxygen atoms in total. The van der Waals surface area contributed by atoms with Crippen LogP contribution in [0.15, 0.2) is 23.0 Å². The van der Waals surface area contributed by atoms with Gasteiger partial charge >= 0.3 is 6.09 Å². The maximum atomic E-state index is 12.5. The molecule has 2 aliphatic heterocycles. The molecule has 1 fully saturated rings. The molecule has 0 aromatic heterocycles. The molecule has 0 aromatic rings. The molecule has 1 amide bonds. The SMILES string of the molecule is CC1=C2COC=C2CC(=O)C1CN[C@H]1CCN(C(=O)OC(C)(C)C)C[C@H]1O. The molecule has 0 spiro atoms. The summed E-state index contributed by atoms with van der Waals surface area (Å²) in [7, 11) is 0. The summed E-state index contributed by atoms with van der Waals surface area (Å²) in [6.07, 6.45) is 1.63. The van der Waals surface area contributed by atoms with E-state index < -0.39 is 17.8 Å². The summed E-state index contributed by atoms with van der Waals surface area (Å²) >= 11 is 0. The molecule has 2 N–H and O–H groups in total. The smallest absolute Gasteiger partial charge is 0.410 e. The highest BCUT2D eigenvalue weighted by Gasteiger charge is 2.35. The molecule has 1 saturated heterocycles. The van der Waals surface area contributed by atoms with E-state index in [1.54, 1.807) is 11.2 Å². The molecule has 3 atom stereocenters. The zero-order valence-corrected chi connectivity index (χ0v) is 16.6. The van der Waals surface area contributed by atoms with Gasteiger partial charge in [0.2, 0.25) is 0 Å². The van der Waals surface area contributed by atoms with Gasteiger partial charge in [-0.25, -0.2) is 4.79 Å². The minimum atomic E-state index is -0.691. The number of fused-ring (bicyclic) bond motifs is 1. The van der Waals surface area contributed by atoms with Gasteiger partial charge in [-0.2, -0.15) is 0 Å². The number of likely N-dealkylation sites (tertiary alicyclic amines) is 1. The van der Waals surface area contributed by atoms with E-state index in [-0.39, 0.29) is 24.3 Å². The molecule has 0 radical (unpaired) electrons. The lowest BCUT2D eigenvalue weighted by molar-refractivity contribution is -0.121. The highest BCUT2D eigenvalue weighted by Crippen LogP contribution is 2.34. The van der Waals surface area contributed by atoms with Crippen LogP contribution >= 0.6 is 0 Å². The molecule has 0 bridgehead atoms. The number of carbonyl (C=O) groups excluding carboxylic acids is 2. The second-order valence-corrected chi connectivity index (χ2v) is 8.61. The van der Waals surface area contributed by atoms with Crippen LogP contribution in [0, 0.1) is 5.92 Å². The van der Waals surface area contributed by atoms with E-state index in [0.717, 1.165) is 16.7 Å². The van der Waals surface area contributed by atoms with Gasteiger partial charge in [-0.3, -0.25) is 4.79 Å². The number of aliphatic hydroxyl groups excluding tert-OH is 1. The number of rotatable bonds is 3. The molecular formula is C20H30N2O5. The average Bonchev–Trinajstić information content (AvgIpc) is 3.02. The lowest BCUT2D eigenvalue weighted by Crippen LogP contribution is -2.55. The number of nitrogens with one attached hydrogen (secondary N) is 1. The first kappa shape index (κ1) is 19.9. The van der Waals surface area contributed by atoms with Crippen LogP contribution in [0.5, 0.6) is 0 Å². The number of hydrogen-bond acceptors (Lipinski definition) is 6. The van der Waals surface area contributed by atoms with E-state index in [2.05, 4.69) is 5.32 Å². The number of ether oxygens (including phenoxy) is 2. The van der Waals surface area contributed by atoms with Gasteiger partial charge in [-0.15, -0.1) is 0 Å². The molecule has 0 saturated carbocycles. The molecule has 1 unspecified atom stereocenters. The third-order valence-electron chi connectivity index (χ3n) is 5.41. The van der Waals surface area contributed by atoms with Crippen molar-refractivity contribution >= 4 is 11.9 Å². The number of carbonyl (C=O) groups is 2. The normalized spacial score (nSPS) is 28.6. The van der Waals surface area contributed by atoms with E-state index in [9.17, 15) is 14.7 Å². The van der Waals surface area contributed by atoms with Crippen LogP contribution in [-0.4, -0.2) is 65.9 Å². The Kier molecular flexibility index (Phi) is 5.63. The number of hydrogen-bond donors (Lipinski definition) is 2. The Hall–Kier alpha value is -1.86. The fourth-order valence-electron chi connectivity index (χ4n) is 3.87. The van der Waals surface area contributed by atoms with Gasteiger partial charge in [0.25, 0.3) is 0 Å². The number of aliphatic hydroxyl groups is 1. The Morgan fingerprint density at radius 1 is 1.44 bits per heavy atom. The fraction of sp³-hybridized carbons (Fsp3) is 0.700. The van der Waals surface area contributed by atoms with Gasteiger partial charge < -0.3 is 24.8 Å². The first-order valence-electron chi connectivity index (χ1n) is 9.58. The van der Waals surface area contributed by atoms with E-state index in [0.29, 0.717) is 32.5 Å². The van der Waals surface area contributed by atoms with Crippen LogP contribution in [-0.2, 0) is 14.3 Å². The standard InChI is InChI=1S/C20H30N2O5/c1-12-14(17(23)7-13-10-26-11-15(12)13)8-21-16-5-6-22(9-18(16)24)19(25)27-20(2,3)4/h10,14,16,18,21,24H,5-9,11H2,1-4H3/t14?,16-,18+/m0/s1. The van der Waals surface area contributed by atoms with Crippen molar-refractivity contribution in [3.05, 3.63) is 23.0 Å². The van der Waals surface area contributed by atoms with Gasteiger partial charge in [0, 0.05) is 31.1 Å². The minimum absolute atomic E-state index is 0.147. The minimum Gasteiger partial charge on any atom is -0.496 e. The summed E-state index contributed by atoms with van der Waals surface area (Å²) in [6.45, 7) is 9.24. The zero-order valence-electron chi connectivity index (χ0n) is 16.6. The fourth-order valence-corrected chi connectivity index (χ4v) is 3.87. The quantitative estimate of drug-likeness (QED) is 0.778. The molecule has 7 heteroatoms. The van der Waals surface area contributed by atoms with Crippen LogP contribution in [0.4, 0.5) is 4.79 Å². The Labute approximate surface area is 160 Å². The van der Waals surface area contributed by atoms with E-state index in [1.165, 1.54) is 0 Å². The number of Topliss-reactive ketones (excluding diaryl/α,β-unsaturated/α-hetero) is 1. The van der Waals surface area contributed by atoms with Crippen molar-refractivity contribution in [2.75, 3.05) is 26.2 Å². The Morgan fingerprint density at radius 2 is 2.19 bits per heavy atom. The van der Waals surface area contributed by atoms with Crippen LogP contribution in [0.2, 0.25) is 0 Å². The molecule has 1 aliphatic carbocycles. The molecule has 2 heterocycles. The largest absolute Gasteiger partial charge is 0.496 e. The summed E-state index contributed by atoms with van der Waals surface area (Å²) in [5.74, 6) is -0.00360. The number of amides is 1. The Bertz CT molecular complexity index is 676. The van der Waals surface area contributed by atoms with E-state index in [4.69, 9.17) is 9.47 Å².